The van der Waals surface area contributed by atoms with Crippen molar-refractivity contribution in [3.63, 3.8) is 0 Å². The third-order valence-corrected chi connectivity index (χ3v) is 3.39. The Balaban J connectivity index is 2.49. The number of rotatable bonds is 4. The molecule has 1 aliphatic carbocycles. The van der Waals surface area contributed by atoms with Crippen LogP contribution in [0, 0.1) is 0 Å². The fourth-order valence-corrected chi connectivity index (χ4v) is 2.73. The summed E-state index contributed by atoms with van der Waals surface area (Å²) in [6.07, 6.45) is 3.87. The van der Waals surface area contributed by atoms with E-state index in [-0.39, 0.29) is 12.1 Å². The van der Waals surface area contributed by atoms with Crippen LogP contribution in [0.3, 0.4) is 0 Å². The van der Waals surface area contributed by atoms with Gasteiger partial charge in [0.1, 0.15) is 6.10 Å². The van der Waals surface area contributed by atoms with Gasteiger partial charge < -0.3 is 4.74 Å². The molecule has 5 nitrogen and oxygen atoms in total. The third kappa shape index (κ3) is 5.32. The van der Waals surface area contributed by atoms with Gasteiger partial charge in [0.15, 0.2) is 0 Å². The van der Waals surface area contributed by atoms with Crippen molar-refractivity contribution in [1.82, 2.24) is 4.72 Å². The molecule has 17 heavy (non-hydrogen) atoms. The predicted octanol–water partition coefficient (Wildman–Crippen LogP) is 0.966. The first kappa shape index (κ1) is 14.2. The van der Waals surface area contributed by atoms with Crippen molar-refractivity contribution in [2.75, 3.05) is 6.26 Å². The molecule has 0 spiro atoms. The van der Waals surface area contributed by atoms with E-state index in [2.05, 4.69) is 11.3 Å². The summed E-state index contributed by atoms with van der Waals surface area (Å²) >= 11 is 0. The van der Waals surface area contributed by atoms with Crippen molar-refractivity contribution in [3.05, 3.63) is 12.2 Å². The molecule has 0 aromatic carbocycles. The number of hydrogen-bond acceptors (Lipinski definition) is 4. The summed E-state index contributed by atoms with van der Waals surface area (Å²) in [6, 6.07) is -0.137. The molecule has 0 saturated heterocycles. The summed E-state index contributed by atoms with van der Waals surface area (Å²) in [5.41, 5.74) is 0.364. The van der Waals surface area contributed by atoms with E-state index in [0.717, 1.165) is 25.5 Å². The zero-order valence-corrected chi connectivity index (χ0v) is 11.0. The highest BCUT2D eigenvalue weighted by atomic mass is 32.2. The van der Waals surface area contributed by atoms with Crippen LogP contribution in [0.25, 0.3) is 0 Å². The first-order valence-electron chi connectivity index (χ1n) is 5.61. The fourth-order valence-electron chi connectivity index (χ4n) is 1.91. The van der Waals surface area contributed by atoms with Crippen molar-refractivity contribution >= 4 is 16.0 Å². The average Bonchev–Trinajstić information content (AvgIpc) is 2.15. The van der Waals surface area contributed by atoms with E-state index in [1.54, 1.807) is 6.92 Å². The van der Waals surface area contributed by atoms with Gasteiger partial charge in [-0.2, -0.15) is 0 Å². The van der Waals surface area contributed by atoms with E-state index in [1.807, 2.05) is 0 Å². The summed E-state index contributed by atoms with van der Waals surface area (Å²) in [6.45, 7) is 5.11. The average molecular weight is 261 g/mol. The lowest BCUT2D eigenvalue weighted by Crippen LogP contribution is -2.40. The van der Waals surface area contributed by atoms with Gasteiger partial charge in [0.2, 0.25) is 10.0 Å². The van der Waals surface area contributed by atoms with Gasteiger partial charge in [0, 0.05) is 18.0 Å². The largest absolute Gasteiger partial charge is 0.459 e. The molecule has 0 radical (unpaired) electrons. The van der Waals surface area contributed by atoms with Crippen molar-refractivity contribution in [1.29, 1.82) is 0 Å². The maximum absolute atomic E-state index is 11.3. The first-order chi connectivity index (χ1) is 7.78. The Labute approximate surface area is 102 Å². The van der Waals surface area contributed by atoms with Crippen molar-refractivity contribution in [3.8, 4) is 0 Å². The van der Waals surface area contributed by atoms with Crippen LogP contribution in [0.4, 0.5) is 0 Å². The smallest absolute Gasteiger partial charge is 0.333 e. The lowest BCUT2D eigenvalue weighted by atomic mass is 9.93. The Morgan fingerprint density at radius 2 is 2.06 bits per heavy atom. The minimum Gasteiger partial charge on any atom is -0.459 e. The second-order valence-corrected chi connectivity index (χ2v) is 6.34. The number of esters is 1. The Kier molecular flexibility index (Phi) is 4.70. The lowest BCUT2D eigenvalue weighted by Gasteiger charge is -2.28. The molecule has 0 aliphatic heterocycles. The molecule has 0 amide bonds. The van der Waals surface area contributed by atoms with Gasteiger partial charge in [0.05, 0.1) is 6.26 Å². The number of sulfonamides is 1. The second-order valence-electron chi connectivity index (χ2n) is 4.56. The molecule has 2 atom stereocenters. The van der Waals surface area contributed by atoms with Crippen molar-refractivity contribution < 1.29 is 17.9 Å². The van der Waals surface area contributed by atoms with E-state index in [9.17, 15) is 13.2 Å². The van der Waals surface area contributed by atoms with Gasteiger partial charge >= 0.3 is 5.97 Å². The standard InChI is InChI=1S/C11H19NO4S/c1-8(2)11(13)16-10-6-4-5-9(7-10)12-17(3,14)15/h9-10,12H,1,4-7H2,2-3H3. The molecular formula is C11H19NO4S. The highest BCUT2D eigenvalue weighted by Crippen LogP contribution is 2.22. The highest BCUT2D eigenvalue weighted by molar-refractivity contribution is 7.88. The molecule has 0 aromatic rings. The van der Waals surface area contributed by atoms with Crippen LogP contribution in [0.15, 0.2) is 12.2 Å². The molecule has 0 aromatic heterocycles. The maximum Gasteiger partial charge on any atom is 0.333 e. The quantitative estimate of drug-likeness (QED) is 0.604. The van der Waals surface area contributed by atoms with Gasteiger partial charge in [-0.1, -0.05) is 6.58 Å². The summed E-state index contributed by atoms with van der Waals surface area (Å²) in [5, 5.41) is 0. The van der Waals surface area contributed by atoms with E-state index in [0.29, 0.717) is 12.0 Å². The Morgan fingerprint density at radius 3 is 2.59 bits per heavy atom. The van der Waals surface area contributed by atoms with E-state index in [4.69, 9.17) is 4.74 Å². The van der Waals surface area contributed by atoms with Gasteiger partial charge in [0.25, 0.3) is 0 Å². The molecule has 98 valence electrons. The van der Waals surface area contributed by atoms with Gasteiger partial charge in [-0.25, -0.2) is 17.9 Å². The Morgan fingerprint density at radius 1 is 1.41 bits per heavy atom. The van der Waals surface area contributed by atoms with E-state index in [1.165, 1.54) is 0 Å². The molecule has 1 fully saturated rings. The zero-order valence-electron chi connectivity index (χ0n) is 10.2. The highest BCUT2D eigenvalue weighted by Gasteiger charge is 2.26. The predicted molar refractivity (Wildman–Crippen MR) is 64.9 cm³/mol. The molecule has 1 aliphatic rings. The van der Waals surface area contributed by atoms with Crippen molar-refractivity contribution in [2.45, 2.75) is 44.8 Å². The van der Waals surface area contributed by atoms with E-state index >= 15 is 0 Å². The molecule has 1 rings (SSSR count). The second kappa shape index (κ2) is 5.64. The van der Waals surface area contributed by atoms with E-state index < -0.39 is 16.0 Å². The summed E-state index contributed by atoms with van der Waals surface area (Å²) in [4.78, 5) is 11.3. The van der Waals surface area contributed by atoms with Crippen LogP contribution in [0.2, 0.25) is 0 Å². The number of hydrogen-bond donors (Lipinski definition) is 1. The molecule has 2 unspecified atom stereocenters. The zero-order chi connectivity index (χ0) is 13.1. The van der Waals surface area contributed by atoms with Crippen LogP contribution in [-0.4, -0.2) is 32.8 Å². The molecule has 0 heterocycles. The summed E-state index contributed by atoms with van der Waals surface area (Å²) in [7, 11) is -3.20. The Hall–Kier alpha value is -0.880. The molecule has 1 saturated carbocycles. The third-order valence-electron chi connectivity index (χ3n) is 2.63. The normalized spacial score (nSPS) is 25.3. The van der Waals surface area contributed by atoms with Crippen molar-refractivity contribution in [2.24, 2.45) is 0 Å². The van der Waals surface area contributed by atoms with Gasteiger partial charge in [-0.3, -0.25) is 0 Å². The first-order valence-corrected chi connectivity index (χ1v) is 7.51. The van der Waals surface area contributed by atoms with Crippen LogP contribution in [-0.2, 0) is 19.6 Å². The van der Waals surface area contributed by atoms with Gasteiger partial charge in [-0.05, 0) is 26.2 Å². The fraction of sp³-hybridized carbons (Fsp3) is 0.727. The topological polar surface area (TPSA) is 72.5 Å². The number of ether oxygens (including phenoxy) is 1. The molecular weight excluding hydrogens is 242 g/mol. The monoisotopic (exact) mass is 261 g/mol. The van der Waals surface area contributed by atoms with Gasteiger partial charge in [-0.15, -0.1) is 0 Å². The number of nitrogens with one attached hydrogen (secondary N) is 1. The lowest BCUT2D eigenvalue weighted by molar-refractivity contribution is -0.145. The molecule has 6 heteroatoms. The summed E-state index contributed by atoms with van der Waals surface area (Å²) in [5.74, 6) is -0.407. The van der Waals surface area contributed by atoms with Crippen LogP contribution in [0.5, 0.6) is 0 Å². The molecule has 0 bridgehead atoms. The van der Waals surface area contributed by atoms with Crippen LogP contribution >= 0.6 is 0 Å². The minimum absolute atomic E-state index is 0.137. The van der Waals surface area contributed by atoms with Crippen LogP contribution in [0.1, 0.15) is 32.6 Å². The maximum atomic E-state index is 11.3. The SMILES string of the molecule is C=C(C)C(=O)OC1CCCC(NS(C)(=O)=O)C1. The number of carbonyl (C=O) groups excluding carboxylic acids is 1. The minimum atomic E-state index is -3.20. The Bertz CT molecular complexity index is 402. The summed E-state index contributed by atoms with van der Waals surface area (Å²) < 4.78 is 30.0. The molecule has 1 N–H and O–H groups in total. The number of carbonyl (C=O) groups is 1. The van der Waals surface area contributed by atoms with Crippen LogP contribution < -0.4 is 4.72 Å².